The number of nitrogens with one attached hydrogen (secondary N) is 2. The first-order valence-electron chi connectivity index (χ1n) is 8.61. The summed E-state index contributed by atoms with van der Waals surface area (Å²) >= 11 is 3.83. The molecule has 2 aliphatic rings. The van der Waals surface area contributed by atoms with Crippen molar-refractivity contribution in [1.29, 1.82) is 0 Å². The molecule has 4 atom stereocenters. The number of hydrogen-bond acceptors (Lipinski definition) is 8. The van der Waals surface area contributed by atoms with E-state index in [0.29, 0.717) is 13.0 Å². The lowest BCUT2D eigenvalue weighted by molar-refractivity contribution is -0.131. The smallest absolute Gasteiger partial charge is 0.250 e. The minimum Gasteiger partial charge on any atom is -0.382 e. The second-order valence-corrected chi connectivity index (χ2v) is 9.61. The van der Waals surface area contributed by atoms with Gasteiger partial charge in [-0.05, 0) is 19.8 Å². The first-order valence-corrected chi connectivity index (χ1v) is 10.6. The Hall–Kier alpha value is -0.0300. The van der Waals surface area contributed by atoms with Crippen LogP contribution in [0.5, 0.6) is 0 Å². The number of aliphatic hydroxyl groups excluding tert-OH is 2. The summed E-state index contributed by atoms with van der Waals surface area (Å²) in [6, 6.07) is -0.714. The standard InChI is InChI=1S/C15H30N4O3S2/c1-3-5-10(12(20)14(22)17-4-2)18-13(21)11-8-15(9-19(11)16)23-6-7-24-15/h10-13,18,20-21H,3-9,16H2,1-2H3,(H,17,22). The number of aliphatic hydroxyl groups is 2. The Labute approximate surface area is 152 Å². The Morgan fingerprint density at radius 2 is 2.04 bits per heavy atom. The molecule has 2 rings (SSSR count). The van der Waals surface area contributed by atoms with Crippen LogP contribution in [0, 0.1) is 0 Å². The number of nitrogens with two attached hydrogens (primary N) is 1. The van der Waals surface area contributed by atoms with Crippen molar-refractivity contribution >= 4 is 29.4 Å². The molecule has 0 aliphatic carbocycles. The maximum atomic E-state index is 11.9. The third kappa shape index (κ3) is 4.78. The Morgan fingerprint density at radius 1 is 1.38 bits per heavy atom. The Kier molecular flexibility index (Phi) is 7.66. The van der Waals surface area contributed by atoms with Crippen molar-refractivity contribution in [3.05, 3.63) is 0 Å². The van der Waals surface area contributed by atoms with E-state index in [0.717, 1.165) is 30.9 Å². The second kappa shape index (κ2) is 9.07. The zero-order valence-corrected chi connectivity index (χ0v) is 16.0. The van der Waals surface area contributed by atoms with E-state index in [4.69, 9.17) is 5.84 Å². The molecule has 2 aliphatic heterocycles. The van der Waals surface area contributed by atoms with Crippen molar-refractivity contribution in [2.75, 3.05) is 24.6 Å². The van der Waals surface area contributed by atoms with E-state index < -0.39 is 24.3 Å². The number of hydrogen-bond donors (Lipinski definition) is 5. The molecule has 2 fully saturated rings. The summed E-state index contributed by atoms with van der Waals surface area (Å²) in [5.74, 6) is 7.95. The molecule has 0 radical (unpaired) electrons. The van der Waals surface area contributed by atoms with Crippen LogP contribution in [0.25, 0.3) is 0 Å². The highest BCUT2D eigenvalue weighted by Gasteiger charge is 2.48. The molecule has 6 N–H and O–H groups in total. The molecule has 7 nitrogen and oxygen atoms in total. The van der Waals surface area contributed by atoms with Crippen LogP contribution in [-0.2, 0) is 4.79 Å². The van der Waals surface area contributed by atoms with Gasteiger partial charge in [0.05, 0.1) is 10.1 Å². The third-order valence-corrected chi connectivity index (χ3v) is 7.96. The topological polar surface area (TPSA) is 111 Å². The molecule has 0 aromatic heterocycles. The molecule has 1 spiro atoms. The SMILES string of the molecule is CCCC(NC(O)C1CC2(CN1N)SCCS2)C(O)C(=O)NCC. The number of carbonyl (C=O) groups is 1. The summed E-state index contributed by atoms with van der Waals surface area (Å²) in [6.07, 6.45) is 0.130. The van der Waals surface area contributed by atoms with Crippen LogP contribution >= 0.6 is 23.5 Å². The number of rotatable bonds is 8. The fourth-order valence-electron chi connectivity index (χ4n) is 3.33. The van der Waals surface area contributed by atoms with E-state index in [1.54, 1.807) is 5.01 Å². The summed E-state index contributed by atoms with van der Waals surface area (Å²) in [7, 11) is 0. The van der Waals surface area contributed by atoms with Gasteiger partial charge in [-0.1, -0.05) is 13.3 Å². The fourth-order valence-corrected chi connectivity index (χ4v) is 6.63. The van der Waals surface area contributed by atoms with Crippen LogP contribution in [0.2, 0.25) is 0 Å². The minimum absolute atomic E-state index is 0.0700. The molecule has 4 unspecified atom stereocenters. The number of carbonyl (C=O) groups excluding carboxylic acids is 1. The van der Waals surface area contributed by atoms with Gasteiger partial charge in [-0.15, -0.1) is 23.5 Å². The predicted octanol–water partition coefficient (Wildman–Crippen LogP) is -0.316. The summed E-state index contributed by atoms with van der Waals surface area (Å²) in [5.41, 5.74) is 0. The zero-order valence-electron chi connectivity index (χ0n) is 14.4. The summed E-state index contributed by atoms with van der Waals surface area (Å²) < 4.78 is 0.0700. The van der Waals surface area contributed by atoms with Crippen LogP contribution < -0.4 is 16.5 Å². The second-order valence-electron chi connectivity index (χ2n) is 6.40. The highest BCUT2D eigenvalue weighted by Crippen LogP contribution is 2.51. The maximum Gasteiger partial charge on any atom is 0.250 e. The normalized spacial score (nSPS) is 27.3. The van der Waals surface area contributed by atoms with E-state index >= 15 is 0 Å². The van der Waals surface area contributed by atoms with Crippen molar-refractivity contribution in [2.24, 2.45) is 5.84 Å². The molecule has 2 heterocycles. The molecule has 2 saturated heterocycles. The fraction of sp³-hybridized carbons (Fsp3) is 0.933. The number of likely N-dealkylation sites (N-methyl/N-ethyl adjacent to an activating group) is 1. The van der Waals surface area contributed by atoms with E-state index in [1.807, 2.05) is 37.4 Å². The first kappa shape index (κ1) is 20.3. The van der Waals surface area contributed by atoms with Crippen LogP contribution in [0.1, 0.15) is 33.1 Å². The molecule has 24 heavy (non-hydrogen) atoms. The third-order valence-electron chi connectivity index (χ3n) is 4.53. The van der Waals surface area contributed by atoms with Crippen molar-refractivity contribution < 1.29 is 15.0 Å². The van der Waals surface area contributed by atoms with Gasteiger partial charge >= 0.3 is 0 Å². The van der Waals surface area contributed by atoms with Gasteiger partial charge in [0.25, 0.3) is 0 Å². The highest BCUT2D eigenvalue weighted by molar-refractivity contribution is 8.21. The average molecular weight is 379 g/mol. The number of thioether (sulfide) groups is 2. The quantitative estimate of drug-likeness (QED) is 0.289. The monoisotopic (exact) mass is 378 g/mol. The van der Waals surface area contributed by atoms with Gasteiger partial charge in [-0.2, -0.15) is 0 Å². The lowest BCUT2D eigenvalue weighted by atomic mass is 10.0. The molecule has 0 aromatic rings. The molecule has 0 aromatic carbocycles. The van der Waals surface area contributed by atoms with Crippen molar-refractivity contribution in [3.63, 3.8) is 0 Å². The highest BCUT2D eigenvalue weighted by atomic mass is 32.2. The predicted molar refractivity (Wildman–Crippen MR) is 99.5 cm³/mol. The molecule has 140 valence electrons. The molecule has 1 amide bonds. The zero-order chi connectivity index (χ0) is 17.7. The molecule has 0 saturated carbocycles. The van der Waals surface area contributed by atoms with Crippen LogP contribution in [-0.4, -0.2) is 74.2 Å². The summed E-state index contributed by atoms with van der Waals surface area (Å²) in [4.78, 5) is 11.9. The van der Waals surface area contributed by atoms with E-state index in [-0.39, 0.29) is 10.1 Å². The van der Waals surface area contributed by atoms with E-state index in [9.17, 15) is 15.0 Å². The molecular weight excluding hydrogens is 348 g/mol. The van der Waals surface area contributed by atoms with Gasteiger partial charge in [-0.25, -0.2) is 5.01 Å². The van der Waals surface area contributed by atoms with Crippen LogP contribution in [0.15, 0.2) is 0 Å². The Morgan fingerprint density at radius 3 is 2.62 bits per heavy atom. The van der Waals surface area contributed by atoms with Gasteiger partial charge < -0.3 is 15.5 Å². The van der Waals surface area contributed by atoms with Gasteiger partial charge in [-0.3, -0.25) is 16.0 Å². The molecule has 0 bridgehead atoms. The summed E-state index contributed by atoms with van der Waals surface area (Å²) in [5, 5.41) is 28.3. The van der Waals surface area contributed by atoms with E-state index in [2.05, 4.69) is 10.6 Å². The van der Waals surface area contributed by atoms with Gasteiger partial charge in [0, 0.05) is 30.6 Å². The van der Waals surface area contributed by atoms with E-state index in [1.165, 1.54) is 0 Å². The van der Waals surface area contributed by atoms with Crippen molar-refractivity contribution in [2.45, 2.75) is 61.6 Å². The van der Waals surface area contributed by atoms with Gasteiger partial charge in [0.2, 0.25) is 5.91 Å². The lowest BCUT2D eigenvalue weighted by Crippen LogP contribution is -2.57. The molecular formula is C15H30N4O3S2. The largest absolute Gasteiger partial charge is 0.382 e. The number of hydrazine groups is 1. The van der Waals surface area contributed by atoms with Crippen LogP contribution in [0.4, 0.5) is 0 Å². The van der Waals surface area contributed by atoms with Crippen molar-refractivity contribution in [1.82, 2.24) is 15.6 Å². The van der Waals surface area contributed by atoms with Crippen molar-refractivity contribution in [3.8, 4) is 0 Å². The Bertz CT molecular complexity index is 424. The first-order chi connectivity index (χ1) is 11.4. The summed E-state index contributed by atoms with van der Waals surface area (Å²) in [6.45, 7) is 5.00. The maximum absolute atomic E-state index is 11.9. The lowest BCUT2D eigenvalue weighted by Gasteiger charge is -2.31. The molecule has 9 heteroatoms. The number of amides is 1. The Balaban J connectivity index is 1.96. The number of nitrogens with zero attached hydrogens (tertiary/aromatic N) is 1. The average Bonchev–Trinajstić information content (AvgIpc) is 3.13. The van der Waals surface area contributed by atoms with Gasteiger partial charge in [0.1, 0.15) is 12.3 Å². The van der Waals surface area contributed by atoms with Crippen LogP contribution in [0.3, 0.4) is 0 Å². The van der Waals surface area contributed by atoms with Gasteiger partial charge in [0.15, 0.2) is 0 Å². The minimum atomic E-state index is -1.18.